The summed E-state index contributed by atoms with van der Waals surface area (Å²) in [6.07, 6.45) is 0.494. The van der Waals surface area contributed by atoms with Crippen molar-refractivity contribution in [2.24, 2.45) is 0 Å². The Morgan fingerprint density at radius 1 is 1.15 bits per heavy atom. The molecule has 3 rings (SSSR count). The molecule has 0 aliphatic carbocycles. The largest absolute Gasteiger partial charge is 0.464 e. The molecular formula is C18H17BrN2O5S. The van der Waals surface area contributed by atoms with Crippen LogP contribution in [0, 0.1) is 0 Å². The van der Waals surface area contributed by atoms with E-state index in [1.54, 1.807) is 0 Å². The second kappa shape index (κ2) is 8.20. The van der Waals surface area contributed by atoms with Gasteiger partial charge in [-0.1, -0.05) is 34.1 Å². The van der Waals surface area contributed by atoms with Gasteiger partial charge in [-0.2, -0.15) is 4.72 Å². The summed E-state index contributed by atoms with van der Waals surface area (Å²) < 4.78 is 32.6. The van der Waals surface area contributed by atoms with Crippen molar-refractivity contribution in [3.63, 3.8) is 0 Å². The normalized spacial score (nSPS) is 16.8. The van der Waals surface area contributed by atoms with Gasteiger partial charge in [-0.05, 0) is 35.9 Å². The molecule has 2 aromatic rings. The number of esters is 1. The van der Waals surface area contributed by atoms with Gasteiger partial charge in [0.05, 0.1) is 17.9 Å². The highest BCUT2D eigenvalue weighted by atomic mass is 79.9. The first-order valence-corrected chi connectivity index (χ1v) is 10.4. The molecular weight excluding hydrogens is 436 g/mol. The minimum Gasteiger partial charge on any atom is -0.464 e. The molecule has 1 saturated heterocycles. The van der Waals surface area contributed by atoms with Crippen molar-refractivity contribution in [2.75, 3.05) is 11.9 Å². The van der Waals surface area contributed by atoms with E-state index in [4.69, 9.17) is 4.74 Å². The lowest BCUT2D eigenvalue weighted by Crippen LogP contribution is -2.37. The van der Waals surface area contributed by atoms with Gasteiger partial charge in [0.25, 0.3) is 0 Å². The molecule has 2 N–H and O–H groups in total. The summed E-state index contributed by atoms with van der Waals surface area (Å²) in [5.41, 5.74) is 1.33. The predicted octanol–water partition coefficient (Wildman–Crippen LogP) is 2.22. The molecule has 1 amide bonds. The highest BCUT2D eigenvalue weighted by molar-refractivity contribution is 9.10. The monoisotopic (exact) mass is 452 g/mol. The van der Waals surface area contributed by atoms with E-state index >= 15 is 0 Å². The van der Waals surface area contributed by atoms with Crippen LogP contribution >= 0.6 is 15.9 Å². The van der Waals surface area contributed by atoms with Gasteiger partial charge >= 0.3 is 5.97 Å². The fourth-order valence-corrected chi connectivity index (χ4v) is 4.24. The van der Waals surface area contributed by atoms with Crippen molar-refractivity contribution in [3.05, 3.63) is 58.6 Å². The van der Waals surface area contributed by atoms with Crippen molar-refractivity contribution in [1.82, 2.24) is 4.72 Å². The van der Waals surface area contributed by atoms with Crippen molar-refractivity contribution in [1.29, 1.82) is 0 Å². The number of benzene rings is 2. The van der Waals surface area contributed by atoms with Crippen LogP contribution in [0.2, 0.25) is 0 Å². The number of cyclic esters (lactones) is 1. The molecule has 0 aromatic heterocycles. The SMILES string of the molecule is O=C(Cc1ccccc1Br)Nc1ccc(S(=O)(=O)N[C@H]2CCOC2=O)cc1. The molecule has 2 aromatic carbocycles. The summed E-state index contributed by atoms with van der Waals surface area (Å²) >= 11 is 3.40. The molecule has 0 saturated carbocycles. The van der Waals surface area contributed by atoms with Crippen molar-refractivity contribution in [2.45, 2.75) is 23.8 Å². The Hall–Kier alpha value is -2.23. The van der Waals surface area contributed by atoms with Crippen LogP contribution in [0.3, 0.4) is 0 Å². The molecule has 0 unspecified atom stereocenters. The first kappa shape index (κ1) is 19.5. The third kappa shape index (κ3) is 4.94. The number of rotatable bonds is 6. The summed E-state index contributed by atoms with van der Waals surface area (Å²) in [4.78, 5) is 23.6. The molecule has 142 valence electrons. The van der Waals surface area contributed by atoms with E-state index in [2.05, 4.69) is 26.0 Å². The number of carbonyl (C=O) groups excluding carboxylic acids is 2. The van der Waals surface area contributed by atoms with Gasteiger partial charge in [0.1, 0.15) is 6.04 Å². The van der Waals surface area contributed by atoms with Crippen LogP contribution in [0.4, 0.5) is 5.69 Å². The van der Waals surface area contributed by atoms with Crippen LogP contribution < -0.4 is 10.0 Å². The van der Waals surface area contributed by atoms with Crippen LogP contribution in [0.25, 0.3) is 0 Å². The van der Waals surface area contributed by atoms with Gasteiger partial charge in [-0.3, -0.25) is 9.59 Å². The summed E-state index contributed by atoms with van der Waals surface area (Å²) in [5, 5.41) is 2.73. The Balaban J connectivity index is 1.63. The summed E-state index contributed by atoms with van der Waals surface area (Å²) in [7, 11) is -3.85. The maximum Gasteiger partial charge on any atom is 0.324 e. The molecule has 1 heterocycles. The molecule has 1 aliphatic heterocycles. The maximum atomic E-state index is 12.3. The first-order valence-electron chi connectivity index (χ1n) is 8.17. The lowest BCUT2D eigenvalue weighted by Gasteiger charge is -2.11. The predicted molar refractivity (Wildman–Crippen MR) is 103 cm³/mol. The quantitative estimate of drug-likeness (QED) is 0.654. The fraction of sp³-hybridized carbons (Fsp3) is 0.222. The van der Waals surface area contributed by atoms with E-state index in [0.717, 1.165) is 10.0 Å². The average molecular weight is 453 g/mol. The number of amides is 1. The molecule has 1 atom stereocenters. The van der Waals surface area contributed by atoms with Crippen LogP contribution in [0.5, 0.6) is 0 Å². The van der Waals surface area contributed by atoms with E-state index in [-0.39, 0.29) is 23.8 Å². The van der Waals surface area contributed by atoms with E-state index in [9.17, 15) is 18.0 Å². The van der Waals surface area contributed by atoms with Gasteiger partial charge in [-0.15, -0.1) is 0 Å². The number of carbonyl (C=O) groups is 2. The third-order valence-corrected chi connectivity index (χ3v) is 6.25. The molecule has 1 fully saturated rings. The molecule has 1 aliphatic rings. The lowest BCUT2D eigenvalue weighted by atomic mass is 10.1. The van der Waals surface area contributed by atoms with Crippen LogP contribution in [0.15, 0.2) is 57.9 Å². The summed E-state index contributed by atoms with van der Waals surface area (Å²) in [6.45, 7) is 0.203. The van der Waals surface area contributed by atoms with Gasteiger partial charge in [-0.25, -0.2) is 8.42 Å². The second-order valence-electron chi connectivity index (χ2n) is 5.97. The van der Waals surface area contributed by atoms with Crippen LogP contribution in [-0.4, -0.2) is 32.9 Å². The van der Waals surface area contributed by atoms with E-state index in [1.807, 2.05) is 24.3 Å². The van der Waals surface area contributed by atoms with Gasteiger partial charge in [0.2, 0.25) is 15.9 Å². The van der Waals surface area contributed by atoms with Crippen molar-refractivity contribution < 1.29 is 22.7 Å². The maximum absolute atomic E-state index is 12.3. The standard InChI is InChI=1S/C18H17BrN2O5S/c19-15-4-2-1-3-12(15)11-17(22)20-13-5-7-14(8-6-13)27(24,25)21-16-9-10-26-18(16)23/h1-8,16,21H,9-11H2,(H,20,22)/t16-/m0/s1. The first-order chi connectivity index (χ1) is 12.8. The Morgan fingerprint density at radius 3 is 2.48 bits per heavy atom. The number of hydrogen-bond acceptors (Lipinski definition) is 5. The summed E-state index contributed by atoms with van der Waals surface area (Å²) in [6, 6.07) is 12.3. The minimum atomic E-state index is -3.85. The minimum absolute atomic E-state index is 0.00556. The number of halogens is 1. The highest BCUT2D eigenvalue weighted by Gasteiger charge is 2.31. The van der Waals surface area contributed by atoms with E-state index in [1.165, 1.54) is 24.3 Å². The molecule has 9 heteroatoms. The van der Waals surface area contributed by atoms with Crippen LogP contribution in [-0.2, 0) is 30.8 Å². The Morgan fingerprint density at radius 2 is 1.85 bits per heavy atom. The van der Waals surface area contributed by atoms with Crippen LogP contribution in [0.1, 0.15) is 12.0 Å². The second-order valence-corrected chi connectivity index (χ2v) is 8.54. The van der Waals surface area contributed by atoms with Crippen molar-refractivity contribution in [3.8, 4) is 0 Å². The number of anilines is 1. The van der Waals surface area contributed by atoms with Gasteiger partial charge < -0.3 is 10.1 Å². The number of hydrogen-bond donors (Lipinski definition) is 2. The molecule has 0 radical (unpaired) electrons. The van der Waals surface area contributed by atoms with Crippen molar-refractivity contribution >= 4 is 43.5 Å². The van der Waals surface area contributed by atoms with E-state index in [0.29, 0.717) is 12.1 Å². The fourth-order valence-electron chi connectivity index (χ4n) is 2.60. The Labute approximate surface area is 165 Å². The zero-order valence-corrected chi connectivity index (χ0v) is 16.5. The topological polar surface area (TPSA) is 102 Å². The molecule has 7 nitrogen and oxygen atoms in total. The summed E-state index contributed by atoms with van der Waals surface area (Å²) in [5.74, 6) is -0.793. The third-order valence-electron chi connectivity index (χ3n) is 3.99. The van der Waals surface area contributed by atoms with Gasteiger partial charge in [0.15, 0.2) is 0 Å². The smallest absolute Gasteiger partial charge is 0.324 e. The lowest BCUT2D eigenvalue weighted by molar-refractivity contribution is -0.139. The molecule has 0 bridgehead atoms. The molecule has 0 spiro atoms. The molecule has 27 heavy (non-hydrogen) atoms. The zero-order valence-electron chi connectivity index (χ0n) is 14.1. The Bertz CT molecular complexity index is 960. The Kier molecular flexibility index (Phi) is 5.93. The number of ether oxygens (including phenoxy) is 1. The number of nitrogens with one attached hydrogen (secondary N) is 2. The van der Waals surface area contributed by atoms with Gasteiger partial charge in [0, 0.05) is 16.6 Å². The van der Waals surface area contributed by atoms with E-state index < -0.39 is 22.0 Å². The zero-order chi connectivity index (χ0) is 19.4. The highest BCUT2D eigenvalue weighted by Crippen LogP contribution is 2.19. The average Bonchev–Trinajstić information content (AvgIpc) is 3.01. The number of sulfonamides is 1.